The van der Waals surface area contributed by atoms with Crippen molar-refractivity contribution in [2.24, 2.45) is 0 Å². The van der Waals surface area contributed by atoms with Gasteiger partial charge in [0, 0.05) is 28.9 Å². The van der Waals surface area contributed by atoms with Crippen LogP contribution in [0, 0.1) is 0 Å². The van der Waals surface area contributed by atoms with E-state index >= 15 is 0 Å². The zero-order valence-electron chi connectivity index (χ0n) is 11.9. The van der Waals surface area contributed by atoms with Crippen molar-refractivity contribution in [1.29, 1.82) is 0 Å². The number of hydrogen-bond acceptors (Lipinski definition) is 5. The Morgan fingerprint density at radius 3 is 2.57 bits per heavy atom. The molecule has 0 aliphatic carbocycles. The largest absolute Gasteiger partial charge is 0.306 e. The summed E-state index contributed by atoms with van der Waals surface area (Å²) in [5, 5.41) is 3.51. The highest BCUT2D eigenvalue weighted by atomic mass is 35.5. The SMILES string of the molecule is CC1(NCc2c(Cl)cccc2S(C)(=O)=O)CCS(=O)(=O)C1. The van der Waals surface area contributed by atoms with Crippen molar-refractivity contribution in [3.05, 3.63) is 28.8 Å². The Balaban J connectivity index is 2.26. The molecule has 1 fully saturated rings. The Morgan fingerprint density at radius 1 is 1.38 bits per heavy atom. The van der Waals surface area contributed by atoms with E-state index < -0.39 is 25.2 Å². The van der Waals surface area contributed by atoms with Crippen LogP contribution in [0.4, 0.5) is 0 Å². The second-order valence-corrected chi connectivity index (χ2v) is 10.3. The molecule has 21 heavy (non-hydrogen) atoms. The first-order valence-corrected chi connectivity index (χ1v) is 10.5. The Morgan fingerprint density at radius 2 is 2.05 bits per heavy atom. The summed E-state index contributed by atoms with van der Waals surface area (Å²) in [6.45, 7) is 2.04. The molecule has 8 heteroatoms. The van der Waals surface area contributed by atoms with Gasteiger partial charge < -0.3 is 5.32 Å². The maximum atomic E-state index is 11.8. The lowest BCUT2D eigenvalue weighted by Crippen LogP contribution is -2.43. The van der Waals surface area contributed by atoms with Crippen LogP contribution >= 0.6 is 11.6 Å². The van der Waals surface area contributed by atoms with Gasteiger partial charge in [-0.3, -0.25) is 0 Å². The van der Waals surface area contributed by atoms with E-state index in [0.29, 0.717) is 17.0 Å². The van der Waals surface area contributed by atoms with Crippen molar-refractivity contribution in [3.8, 4) is 0 Å². The van der Waals surface area contributed by atoms with Crippen LogP contribution in [0.3, 0.4) is 0 Å². The van der Waals surface area contributed by atoms with E-state index in [1.807, 2.05) is 6.92 Å². The average molecular weight is 352 g/mol. The van der Waals surface area contributed by atoms with Crippen LogP contribution in [0.2, 0.25) is 5.02 Å². The van der Waals surface area contributed by atoms with Crippen LogP contribution in [-0.4, -0.2) is 40.1 Å². The predicted molar refractivity (Wildman–Crippen MR) is 83.1 cm³/mol. The summed E-state index contributed by atoms with van der Waals surface area (Å²) in [4.78, 5) is 0.173. The maximum absolute atomic E-state index is 11.8. The minimum Gasteiger partial charge on any atom is -0.306 e. The van der Waals surface area contributed by atoms with Crippen molar-refractivity contribution in [2.75, 3.05) is 17.8 Å². The first-order chi connectivity index (χ1) is 9.53. The van der Waals surface area contributed by atoms with Gasteiger partial charge in [-0.15, -0.1) is 0 Å². The van der Waals surface area contributed by atoms with Crippen LogP contribution in [0.25, 0.3) is 0 Å². The molecule has 1 aliphatic heterocycles. The molecule has 5 nitrogen and oxygen atoms in total. The van der Waals surface area contributed by atoms with Gasteiger partial charge in [-0.1, -0.05) is 17.7 Å². The lowest BCUT2D eigenvalue weighted by atomic mass is 10.0. The standard InChI is InChI=1S/C13H18ClNO4S2/c1-13(6-7-21(18,19)9-13)15-8-10-11(14)4-3-5-12(10)20(2,16)17/h3-5,15H,6-9H2,1-2H3. The van der Waals surface area contributed by atoms with E-state index in [4.69, 9.17) is 11.6 Å². The molecule has 1 aromatic rings. The van der Waals surface area contributed by atoms with Gasteiger partial charge in [0.2, 0.25) is 0 Å². The van der Waals surface area contributed by atoms with E-state index in [9.17, 15) is 16.8 Å². The molecule has 118 valence electrons. The highest BCUT2D eigenvalue weighted by Gasteiger charge is 2.38. The van der Waals surface area contributed by atoms with Crippen LogP contribution in [0.15, 0.2) is 23.1 Å². The molecule has 0 radical (unpaired) electrons. The average Bonchev–Trinajstić information content (AvgIpc) is 2.61. The Hall–Kier alpha value is -0.630. The van der Waals surface area contributed by atoms with Crippen LogP contribution in [-0.2, 0) is 26.2 Å². The van der Waals surface area contributed by atoms with E-state index in [0.717, 1.165) is 6.26 Å². The van der Waals surface area contributed by atoms with E-state index in [2.05, 4.69) is 5.32 Å². The van der Waals surface area contributed by atoms with Gasteiger partial charge in [0.15, 0.2) is 19.7 Å². The highest BCUT2D eigenvalue weighted by molar-refractivity contribution is 7.91. The van der Waals surface area contributed by atoms with Crippen LogP contribution in [0.5, 0.6) is 0 Å². The van der Waals surface area contributed by atoms with Gasteiger partial charge in [-0.2, -0.15) is 0 Å². The molecule has 1 heterocycles. The van der Waals surface area contributed by atoms with E-state index in [-0.39, 0.29) is 22.9 Å². The third-order valence-electron chi connectivity index (χ3n) is 3.67. The lowest BCUT2D eigenvalue weighted by Gasteiger charge is -2.25. The molecule has 2 rings (SSSR count). The summed E-state index contributed by atoms with van der Waals surface area (Å²) in [7, 11) is -6.41. The van der Waals surface area contributed by atoms with Gasteiger partial charge in [0.05, 0.1) is 16.4 Å². The smallest absolute Gasteiger partial charge is 0.175 e. The molecule has 1 saturated heterocycles. The first kappa shape index (κ1) is 16.7. The molecule has 1 atom stereocenters. The molecule has 0 saturated carbocycles. The quantitative estimate of drug-likeness (QED) is 0.887. The molecule has 1 N–H and O–H groups in total. The molecule has 1 aliphatic rings. The molecule has 1 aromatic carbocycles. The summed E-state index contributed by atoms with van der Waals surface area (Å²) in [6, 6.07) is 4.72. The van der Waals surface area contributed by atoms with Crippen molar-refractivity contribution in [2.45, 2.75) is 30.3 Å². The molecule has 0 bridgehead atoms. The molecule has 1 unspecified atom stereocenters. The summed E-state index contributed by atoms with van der Waals surface area (Å²) >= 11 is 6.10. The molecular weight excluding hydrogens is 334 g/mol. The summed E-state index contributed by atoms with van der Waals surface area (Å²) in [6.07, 6.45) is 1.64. The third kappa shape index (κ3) is 3.97. The number of hydrogen-bond donors (Lipinski definition) is 1. The Bertz CT molecular complexity index is 758. The number of sulfone groups is 2. The van der Waals surface area contributed by atoms with Crippen LogP contribution < -0.4 is 5.32 Å². The van der Waals surface area contributed by atoms with Crippen molar-refractivity contribution in [3.63, 3.8) is 0 Å². The van der Waals surface area contributed by atoms with Crippen molar-refractivity contribution >= 4 is 31.3 Å². The van der Waals surface area contributed by atoms with Gasteiger partial charge in [-0.25, -0.2) is 16.8 Å². The summed E-state index contributed by atoms with van der Waals surface area (Å²) < 4.78 is 46.8. The fourth-order valence-corrected chi connectivity index (χ4v) is 5.89. The lowest BCUT2D eigenvalue weighted by molar-refractivity contribution is 0.394. The minimum atomic E-state index is -3.39. The minimum absolute atomic E-state index is 0.0542. The second-order valence-electron chi connectivity index (χ2n) is 5.74. The van der Waals surface area contributed by atoms with Gasteiger partial charge in [0.1, 0.15) is 0 Å². The van der Waals surface area contributed by atoms with Gasteiger partial charge >= 0.3 is 0 Å². The van der Waals surface area contributed by atoms with Gasteiger partial charge in [-0.05, 0) is 25.5 Å². The fraction of sp³-hybridized carbons (Fsp3) is 0.538. The summed E-state index contributed by atoms with van der Waals surface area (Å²) in [5.74, 6) is 0.205. The van der Waals surface area contributed by atoms with Crippen LogP contribution in [0.1, 0.15) is 18.9 Å². The number of halogens is 1. The number of nitrogens with one attached hydrogen (secondary N) is 1. The Labute approximate surface area is 130 Å². The summed E-state index contributed by atoms with van der Waals surface area (Å²) in [5.41, 5.74) is -0.0700. The van der Waals surface area contributed by atoms with Crippen molar-refractivity contribution in [1.82, 2.24) is 5.32 Å². The fourth-order valence-electron chi connectivity index (χ4n) is 2.51. The topological polar surface area (TPSA) is 80.3 Å². The Kier molecular flexibility index (Phi) is 4.41. The second kappa shape index (κ2) is 5.53. The van der Waals surface area contributed by atoms with E-state index in [1.54, 1.807) is 12.1 Å². The zero-order valence-corrected chi connectivity index (χ0v) is 14.3. The number of rotatable bonds is 4. The third-order valence-corrected chi connectivity index (χ3v) is 7.11. The molecule has 0 aromatic heterocycles. The molecule has 0 spiro atoms. The zero-order chi connectivity index (χ0) is 15.9. The first-order valence-electron chi connectivity index (χ1n) is 6.45. The highest BCUT2D eigenvalue weighted by Crippen LogP contribution is 2.27. The molecular formula is C13H18ClNO4S2. The molecule has 0 amide bonds. The normalized spacial score (nSPS) is 25.1. The maximum Gasteiger partial charge on any atom is 0.175 e. The monoisotopic (exact) mass is 351 g/mol. The predicted octanol–water partition coefficient (Wildman–Crippen LogP) is 1.41. The van der Waals surface area contributed by atoms with E-state index in [1.165, 1.54) is 6.07 Å². The van der Waals surface area contributed by atoms with Crippen molar-refractivity contribution < 1.29 is 16.8 Å². The van der Waals surface area contributed by atoms with Gasteiger partial charge in [0.25, 0.3) is 0 Å². The number of benzene rings is 1.